The lowest BCUT2D eigenvalue weighted by atomic mass is 10.1. The van der Waals surface area contributed by atoms with Crippen LogP contribution >= 0.6 is 0 Å². The SMILES string of the molecule is COC(=O)CCN1CCN(C(=O)c2ccccc2O)CC1. The van der Waals surface area contributed by atoms with Gasteiger partial charge in [-0.1, -0.05) is 12.1 Å². The molecule has 1 heterocycles. The van der Waals surface area contributed by atoms with E-state index in [-0.39, 0.29) is 17.6 Å². The number of methoxy groups -OCH3 is 1. The molecule has 1 saturated heterocycles. The Morgan fingerprint density at radius 1 is 1.19 bits per heavy atom. The van der Waals surface area contributed by atoms with Crippen molar-refractivity contribution >= 4 is 11.9 Å². The van der Waals surface area contributed by atoms with Gasteiger partial charge in [-0.15, -0.1) is 0 Å². The molecule has 0 unspecified atom stereocenters. The van der Waals surface area contributed by atoms with E-state index in [4.69, 9.17) is 0 Å². The second kappa shape index (κ2) is 7.08. The van der Waals surface area contributed by atoms with Gasteiger partial charge in [0.2, 0.25) is 0 Å². The Morgan fingerprint density at radius 3 is 2.48 bits per heavy atom. The van der Waals surface area contributed by atoms with E-state index < -0.39 is 0 Å². The molecular formula is C15H20N2O4. The van der Waals surface area contributed by atoms with Crippen LogP contribution in [-0.2, 0) is 9.53 Å². The first kappa shape index (κ1) is 15.3. The third-order valence-electron chi connectivity index (χ3n) is 3.65. The van der Waals surface area contributed by atoms with Gasteiger partial charge in [0.25, 0.3) is 5.91 Å². The summed E-state index contributed by atoms with van der Waals surface area (Å²) in [7, 11) is 1.38. The third-order valence-corrected chi connectivity index (χ3v) is 3.65. The molecule has 0 aromatic heterocycles. The highest BCUT2D eigenvalue weighted by atomic mass is 16.5. The standard InChI is InChI=1S/C15H20N2O4/c1-21-14(19)6-7-16-8-10-17(11-9-16)15(20)12-4-2-3-5-13(12)18/h2-5,18H,6-11H2,1H3. The zero-order chi connectivity index (χ0) is 15.2. The summed E-state index contributed by atoms with van der Waals surface area (Å²) in [5.74, 6) is -0.362. The van der Waals surface area contributed by atoms with Gasteiger partial charge in [0.15, 0.2) is 0 Å². The molecule has 1 fully saturated rings. The van der Waals surface area contributed by atoms with Crippen LogP contribution in [0.5, 0.6) is 5.75 Å². The third kappa shape index (κ3) is 3.95. The monoisotopic (exact) mass is 292 g/mol. The summed E-state index contributed by atoms with van der Waals surface area (Å²) in [5.41, 5.74) is 0.334. The number of phenols is 1. The minimum Gasteiger partial charge on any atom is -0.507 e. The van der Waals surface area contributed by atoms with Crippen LogP contribution < -0.4 is 0 Å². The fourth-order valence-corrected chi connectivity index (χ4v) is 2.35. The number of amides is 1. The number of rotatable bonds is 4. The minimum atomic E-state index is -0.220. The second-order valence-corrected chi connectivity index (χ2v) is 4.98. The molecule has 114 valence electrons. The van der Waals surface area contributed by atoms with Crippen LogP contribution in [0.2, 0.25) is 0 Å². The Balaban J connectivity index is 1.85. The molecule has 1 aromatic rings. The van der Waals surface area contributed by atoms with Crippen molar-refractivity contribution < 1.29 is 19.4 Å². The number of carbonyl (C=O) groups is 2. The first-order valence-electron chi connectivity index (χ1n) is 6.98. The predicted octanol–water partition coefficient (Wildman–Crippen LogP) is 0.713. The van der Waals surface area contributed by atoms with Crippen molar-refractivity contribution in [3.63, 3.8) is 0 Å². The molecule has 6 heteroatoms. The Kier molecular flexibility index (Phi) is 5.16. The summed E-state index contributed by atoms with van der Waals surface area (Å²) in [6, 6.07) is 6.57. The summed E-state index contributed by atoms with van der Waals surface area (Å²) in [6.45, 7) is 3.26. The summed E-state index contributed by atoms with van der Waals surface area (Å²) in [5, 5.41) is 9.73. The van der Waals surface area contributed by atoms with E-state index in [1.54, 1.807) is 23.1 Å². The van der Waals surface area contributed by atoms with E-state index in [0.29, 0.717) is 31.6 Å². The number of carbonyl (C=O) groups excluding carboxylic acids is 2. The topological polar surface area (TPSA) is 70.1 Å². The highest BCUT2D eigenvalue weighted by Crippen LogP contribution is 2.18. The number of ether oxygens (including phenoxy) is 1. The first-order valence-corrected chi connectivity index (χ1v) is 6.98. The molecule has 1 aliphatic rings. The van der Waals surface area contributed by atoms with Gasteiger partial charge in [-0.05, 0) is 12.1 Å². The number of para-hydroxylation sites is 1. The molecule has 0 saturated carbocycles. The van der Waals surface area contributed by atoms with Crippen LogP contribution in [0.4, 0.5) is 0 Å². The van der Waals surface area contributed by atoms with Crippen LogP contribution in [0.25, 0.3) is 0 Å². The Bertz CT molecular complexity index is 510. The molecule has 2 rings (SSSR count). The molecule has 21 heavy (non-hydrogen) atoms. The number of phenolic OH excluding ortho intramolecular Hbond substituents is 1. The summed E-state index contributed by atoms with van der Waals surface area (Å²) < 4.78 is 4.61. The highest BCUT2D eigenvalue weighted by Gasteiger charge is 2.23. The van der Waals surface area contributed by atoms with Gasteiger partial charge >= 0.3 is 5.97 Å². The normalized spacial score (nSPS) is 15.8. The number of nitrogens with zero attached hydrogens (tertiary/aromatic N) is 2. The number of aromatic hydroxyl groups is 1. The van der Waals surface area contributed by atoms with Gasteiger partial charge in [0.05, 0.1) is 19.1 Å². The van der Waals surface area contributed by atoms with Gasteiger partial charge in [-0.3, -0.25) is 14.5 Å². The van der Waals surface area contributed by atoms with Crippen LogP contribution in [0, 0.1) is 0 Å². The Labute approximate surface area is 123 Å². The average molecular weight is 292 g/mol. The van der Waals surface area contributed by atoms with E-state index in [1.807, 2.05) is 0 Å². The van der Waals surface area contributed by atoms with E-state index in [2.05, 4.69) is 9.64 Å². The minimum absolute atomic E-state index is 0.00983. The molecule has 1 aliphatic heterocycles. The molecule has 0 bridgehead atoms. The Hall–Kier alpha value is -2.08. The van der Waals surface area contributed by atoms with Crippen molar-refractivity contribution in [2.75, 3.05) is 39.8 Å². The molecule has 0 radical (unpaired) electrons. The predicted molar refractivity (Wildman–Crippen MR) is 77.1 cm³/mol. The molecular weight excluding hydrogens is 272 g/mol. The first-order chi connectivity index (χ1) is 10.1. The molecule has 0 aliphatic carbocycles. The maximum Gasteiger partial charge on any atom is 0.306 e. The number of hydrogen-bond acceptors (Lipinski definition) is 5. The smallest absolute Gasteiger partial charge is 0.306 e. The molecule has 6 nitrogen and oxygen atoms in total. The summed E-state index contributed by atoms with van der Waals surface area (Å²) in [4.78, 5) is 27.3. The van der Waals surface area contributed by atoms with Crippen molar-refractivity contribution in [2.24, 2.45) is 0 Å². The zero-order valence-electron chi connectivity index (χ0n) is 12.1. The van der Waals surface area contributed by atoms with Gasteiger partial charge in [-0.2, -0.15) is 0 Å². The lowest BCUT2D eigenvalue weighted by Crippen LogP contribution is -2.49. The van der Waals surface area contributed by atoms with Gasteiger partial charge in [0, 0.05) is 32.7 Å². The molecule has 1 aromatic carbocycles. The van der Waals surface area contributed by atoms with Crippen LogP contribution in [0.15, 0.2) is 24.3 Å². The number of esters is 1. The number of benzene rings is 1. The molecule has 0 spiro atoms. The van der Waals surface area contributed by atoms with Gasteiger partial charge in [0.1, 0.15) is 5.75 Å². The van der Waals surface area contributed by atoms with E-state index in [9.17, 15) is 14.7 Å². The van der Waals surface area contributed by atoms with Crippen molar-refractivity contribution in [2.45, 2.75) is 6.42 Å². The van der Waals surface area contributed by atoms with Crippen LogP contribution in [0.3, 0.4) is 0 Å². The molecule has 1 N–H and O–H groups in total. The lowest BCUT2D eigenvalue weighted by Gasteiger charge is -2.34. The molecule has 1 amide bonds. The lowest BCUT2D eigenvalue weighted by molar-refractivity contribution is -0.141. The number of hydrogen-bond donors (Lipinski definition) is 1. The maximum atomic E-state index is 12.3. The van der Waals surface area contributed by atoms with Crippen LogP contribution in [-0.4, -0.2) is 66.6 Å². The van der Waals surface area contributed by atoms with Gasteiger partial charge < -0.3 is 14.7 Å². The van der Waals surface area contributed by atoms with E-state index in [1.165, 1.54) is 13.2 Å². The fraction of sp³-hybridized carbons (Fsp3) is 0.467. The largest absolute Gasteiger partial charge is 0.507 e. The average Bonchev–Trinajstić information content (AvgIpc) is 2.53. The van der Waals surface area contributed by atoms with E-state index >= 15 is 0 Å². The number of piperazine rings is 1. The van der Waals surface area contributed by atoms with Crippen molar-refractivity contribution in [1.82, 2.24) is 9.80 Å². The van der Waals surface area contributed by atoms with Gasteiger partial charge in [-0.25, -0.2) is 0 Å². The van der Waals surface area contributed by atoms with Crippen molar-refractivity contribution in [3.05, 3.63) is 29.8 Å². The van der Waals surface area contributed by atoms with E-state index in [0.717, 1.165) is 13.1 Å². The van der Waals surface area contributed by atoms with Crippen molar-refractivity contribution in [1.29, 1.82) is 0 Å². The van der Waals surface area contributed by atoms with Crippen molar-refractivity contribution in [3.8, 4) is 5.75 Å². The summed E-state index contributed by atoms with van der Waals surface area (Å²) in [6.07, 6.45) is 0.365. The second-order valence-electron chi connectivity index (χ2n) is 4.98. The Morgan fingerprint density at radius 2 is 1.86 bits per heavy atom. The fourth-order valence-electron chi connectivity index (χ4n) is 2.35. The maximum absolute atomic E-state index is 12.3. The highest BCUT2D eigenvalue weighted by molar-refractivity contribution is 5.96. The quantitative estimate of drug-likeness (QED) is 0.828. The molecule has 0 atom stereocenters. The zero-order valence-corrected chi connectivity index (χ0v) is 12.1. The summed E-state index contributed by atoms with van der Waals surface area (Å²) >= 11 is 0. The van der Waals surface area contributed by atoms with Crippen LogP contribution in [0.1, 0.15) is 16.8 Å².